The first-order valence-corrected chi connectivity index (χ1v) is 13.5. The zero-order valence-corrected chi connectivity index (χ0v) is 21.6. The first-order valence-electron chi connectivity index (χ1n) is 13.1. The van der Waals surface area contributed by atoms with Crippen LogP contribution in [-0.2, 0) is 6.42 Å². The minimum atomic E-state index is -0.179. The van der Waals surface area contributed by atoms with Crippen LogP contribution in [0.3, 0.4) is 0 Å². The van der Waals surface area contributed by atoms with E-state index in [0.29, 0.717) is 16.1 Å². The maximum Gasteiger partial charge on any atom is 0.253 e. The number of hydrogen-bond acceptors (Lipinski definition) is 4. The Hall–Kier alpha value is -3.38. The number of carbonyl (C=O) groups is 2. The predicted octanol–water partition coefficient (Wildman–Crippen LogP) is 5.29. The summed E-state index contributed by atoms with van der Waals surface area (Å²) in [5.41, 5.74) is 4.79. The molecule has 1 N–H and O–H groups in total. The Labute approximate surface area is 222 Å². The third-order valence-corrected chi connectivity index (χ3v) is 8.65. The number of anilines is 1. The molecule has 3 aromatic rings. The fraction of sp³-hybridized carbons (Fsp3) is 0.367. The van der Waals surface area contributed by atoms with E-state index in [4.69, 9.17) is 11.6 Å². The summed E-state index contributed by atoms with van der Waals surface area (Å²) in [6.07, 6.45) is 8.60. The fourth-order valence-corrected chi connectivity index (χ4v) is 6.52. The van der Waals surface area contributed by atoms with Crippen molar-refractivity contribution in [2.45, 2.75) is 38.1 Å². The lowest BCUT2D eigenvalue weighted by Crippen LogP contribution is -2.34. The molecule has 1 spiro atoms. The van der Waals surface area contributed by atoms with Crippen molar-refractivity contribution < 1.29 is 9.59 Å². The van der Waals surface area contributed by atoms with Crippen LogP contribution in [0.2, 0.25) is 5.02 Å². The Morgan fingerprint density at radius 1 is 1.00 bits per heavy atom. The number of hydrogen-bond donors (Lipinski definition) is 1. The lowest BCUT2D eigenvalue weighted by molar-refractivity contribution is 0.0775. The van der Waals surface area contributed by atoms with Crippen LogP contribution in [0.5, 0.6) is 0 Å². The standard InChI is InChI=1S/C30H31ClN4O2/c31-26-6-2-1-5-24(26)28(36)33-27-7-3-4-21-8-9-22(18-25(21)27)29(37)35-17-13-30(20-35)12-16-34(19-30)23-10-14-32-15-11-23/h1-2,5-6,8-11,14-15,18,27H,3-4,7,12-13,16-17,19-20H2,(H,33,36)/t27-,30?/m1/s1. The van der Waals surface area contributed by atoms with E-state index in [-0.39, 0.29) is 23.3 Å². The number of nitrogens with zero attached hydrogens (tertiary/aromatic N) is 3. The molecule has 1 aromatic heterocycles. The van der Waals surface area contributed by atoms with Crippen molar-refractivity contribution in [2.75, 3.05) is 31.1 Å². The van der Waals surface area contributed by atoms with Gasteiger partial charge in [0, 0.05) is 55.2 Å². The molecule has 1 aliphatic carbocycles. The van der Waals surface area contributed by atoms with Crippen LogP contribution in [0.1, 0.15) is 63.6 Å². The van der Waals surface area contributed by atoms with E-state index in [1.165, 1.54) is 11.3 Å². The number of aromatic nitrogens is 1. The number of likely N-dealkylation sites (tertiary alicyclic amines) is 1. The van der Waals surface area contributed by atoms with Crippen molar-refractivity contribution in [3.8, 4) is 0 Å². The zero-order chi connectivity index (χ0) is 25.4. The third kappa shape index (κ3) is 4.71. The molecule has 7 heteroatoms. The molecule has 1 unspecified atom stereocenters. The maximum atomic E-state index is 13.6. The van der Waals surface area contributed by atoms with Crippen LogP contribution in [-0.4, -0.2) is 47.9 Å². The SMILES string of the molecule is O=C(N[C@@H]1CCCc2ccc(C(=O)N3CCC4(CCN(c5ccncc5)C4)C3)cc21)c1ccccc1Cl. The van der Waals surface area contributed by atoms with Gasteiger partial charge in [-0.25, -0.2) is 0 Å². The number of nitrogens with one attached hydrogen (secondary N) is 1. The second-order valence-corrected chi connectivity index (χ2v) is 11.1. The van der Waals surface area contributed by atoms with Crippen molar-refractivity contribution in [2.24, 2.45) is 5.41 Å². The topological polar surface area (TPSA) is 65.5 Å². The van der Waals surface area contributed by atoms with E-state index in [1.54, 1.807) is 12.1 Å². The summed E-state index contributed by atoms with van der Waals surface area (Å²) in [6, 6.07) is 17.1. The minimum absolute atomic E-state index is 0.0868. The smallest absolute Gasteiger partial charge is 0.253 e. The predicted molar refractivity (Wildman–Crippen MR) is 145 cm³/mol. The van der Waals surface area contributed by atoms with Crippen LogP contribution >= 0.6 is 11.6 Å². The van der Waals surface area contributed by atoms with Gasteiger partial charge in [-0.2, -0.15) is 0 Å². The van der Waals surface area contributed by atoms with Crippen molar-refractivity contribution in [1.82, 2.24) is 15.2 Å². The van der Waals surface area contributed by atoms with Crippen molar-refractivity contribution in [3.05, 3.63) is 94.3 Å². The maximum absolute atomic E-state index is 13.6. The molecule has 3 heterocycles. The molecule has 37 heavy (non-hydrogen) atoms. The summed E-state index contributed by atoms with van der Waals surface area (Å²) < 4.78 is 0. The van der Waals surface area contributed by atoms with Crippen LogP contribution in [0.15, 0.2) is 67.0 Å². The number of halogens is 1. The van der Waals surface area contributed by atoms with E-state index >= 15 is 0 Å². The molecule has 3 aliphatic rings. The highest BCUT2D eigenvalue weighted by molar-refractivity contribution is 6.33. The lowest BCUT2D eigenvalue weighted by atomic mass is 9.86. The molecular formula is C30H31ClN4O2. The van der Waals surface area contributed by atoms with Crippen molar-refractivity contribution in [1.29, 1.82) is 0 Å². The highest BCUT2D eigenvalue weighted by Crippen LogP contribution is 2.41. The molecule has 0 radical (unpaired) electrons. The summed E-state index contributed by atoms with van der Waals surface area (Å²) in [4.78, 5) is 35.2. The molecule has 2 atom stereocenters. The molecule has 2 amide bonds. The van der Waals surface area contributed by atoms with Gasteiger partial charge in [-0.1, -0.05) is 29.8 Å². The largest absolute Gasteiger partial charge is 0.371 e. The number of benzene rings is 2. The molecule has 6 nitrogen and oxygen atoms in total. The number of rotatable bonds is 4. The van der Waals surface area contributed by atoms with Gasteiger partial charge in [-0.15, -0.1) is 0 Å². The molecule has 190 valence electrons. The molecular weight excluding hydrogens is 484 g/mol. The number of pyridine rings is 1. The molecule has 2 fully saturated rings. The Kier molecular flexibility index (Phi) is 6.37. The number of fused-ring (bicyclic) bond motifs is 1. The molecule has 0 bridgehead atoms. The third-order valence-electron chi connectivity index (χ3n) is 8.32. The fourth-order valence-electron chi connectivity index (χ4n) is 6.30. The van der Waals surface area contributed by atoms with Crippen LogP contribution in [0, 0.1) is 5.41 Å². The lowest BCUT2D eigenvalue weighted by Gasteiger charge is -2.28. The summed E-state index contributed by atoms with van der Waals surface area (Å²) in [7, 11) is 0. The summed E-state index contributed by atoms with van der Waals surface area (Å²) in [5, 5.41) is 3.61. The second kappa shape index (κ2) is 9.82. The monoisotopic (exact) mass is 514 g/mol. The quantitative estimate of drug-likeness (QED) is 0.514. The van der Waals surface area contributed by atoms with Crippen LogP contribution in [0.4, 0.5) is 5.69 Å². The van der Waals surface area contributed by atoms with Gasteiger partial charge in [-0.05, 0) is 79.6 Å². The zero-order valence-electron chi connectivity index (χ0n) is 20.8. The Balaban J connectivity index is 1.17. The van der Waals surface area contributed by atoms with E-state index in [9.17, 15) is 9.59 Å². The van der Waals surface area contributed by atoms with Gasteiger partial charge in [0.1, 0.15) is 0 Å². The van der Waals surface area contributed by atoms with Crippen molar-refractivity contribution >= 4 is 29.1 Å². The number of carbonyl (C=O) groups excluding carboxylic acids is 2. The van der Waals surface area contributed by atoms with Gasteiger partial charge in [0.25, 0.3) is 11.8 Å². The van der Waals surface area contributed by atoms with Gasteiger partial charge in [0.15, 0.2) is 0 Å². The molecule has 0 saturated carbocycles. The van der Waals surface area contributed by atoms with Crippen LogP contribution in [0.25, 0.3) is 0 Å². The Bertz CT molecular complexity index is 1330. The van der Waals surface area contributed by atoms with E-state index in [2.05, 4.69) is 33.4 Å². The Morgan fingerprint density at radius 2 is 1.81 bits per heavy atom. The Morgan fingerprint density at radius 3 is 2.65 bits per heavy atom. The first-order chi connectivity index (χ1) is 18.0. The van der Waals surface area contributed by atoms with E-state index in [0.717, 1.165) is 63.8 Å². The summed E-state index contributed by atoms with van der Waals surface area (Å²) in [5.74, 6) is -0.0922. The first kappa shape index (κ1) is 24.0. The van der Waals surface area contributed by atoms with Gasteiger partial charge in [0.2, 0.25) is 0 Å². The molecule has 2 aliphatic heterocycles. The molecule has 2 saturated heterocycles. The number of amides is 2. The van der Waals surface area contributed by atoms with Crippen molar-refractivity contribution in [3.63, 3.8) is 0 Å². The summed E-state index contributed by atoms with van der Waals surface area (Å²) >= 11 is 6.25. The second-order valence-electron chi connectivity index (χ2n) is 10.7. The van der Waals surface area contributed by atoms with Gasteiger partial charge >= 0.3 is 0 Å². The highest BCUT2D eigenvalue weighted by Gasteiger charge is 2.45. The van der Waals surface area contributed by atoms with E-state index < -0.39 is 0 Å². The van der Waals surface area contributed by atoms with Gasteiger partial charge < -0.3 is 15.1 Å². The normalized spacial score (nSPS) is 22.8. The molecule has 2 aromatic carbocycles. The highest BCUT2D eigenvalue weighted by atomic mass is 35.5. The van der Waals surface area contributed by atoms with Gasteiger partial charge in [0.05, 0.1) is 16.6 Å². The van der Waals surface area contributed by atoms with E-state index in [1.807, 2.05) is 41.6 Å². The van der Waals surface area contributed by atoms with Crippen LogP contribution < -0.4 is 10.2 Å². The minimum Gasteiger partial charge on any atom is -0.371 e. The summed E-state index contributed by atoms with van der Waals surface area (Å²) in [6.45, 7) is 3.56. The van der Waals surface area contributed by atoms with Gasteiger partial charge in [-0.3, -0.25) is 14.6 Å². The average Bonchev–Trinajstić information content (AvgIpc) is 3.55. The number of aryl methyl sites for hydroxylation is 1. The molecule has 6 rings (SSSR count). The average molecular weight is 515 g/mol.